The van der Waals surface area contributed by atoms with Gasteiger partial charge in [0.15, 0.2) is 0 Å². The molecule has 0 aliphatic carbocycles. The third-order valence-corrected chi connectivity index (χ3v) is 6.90. The number of aliphatic carboxylic acids is 1. The highest BCUT2D eigenvalue weighted by Crippen LogP contribution is 2.39. The quantitative estimate of drug-likeness (QED) is 0.515. The van der Waals surface area contributed by atoms with Crippen LogP contribution < -0.4 is 15.0 Å². The predicted molar refractivity (Wildman–Crippen MR) is 119 cm³/mol. The lowest BCUT2D eigenvalue weighted by atomic mass is 9.82. The summed E-state index contributed by atoms with van der Waals surface area (Å²) >= 11 is 7.42. The van der Waals surface area contributed by atoms with E-state index in [0.29, 0.717) is 21.2 Å². The third-order valence-electron chi connectivity index (χ3n) is 5.78. The van der Waals surface area contributed by atoms with Gasteiger partial charge in [-0.2, -0.15) is 13.2 Å². The number of thiophene rings is 1. The number of rotatable bonds is 6. The number of benzene rings is 1. The molecule has 33 heavy (non-hydrogen) atoms. The Morgan fingerprint density at radius 1 is 1.42 bits per heavy atom. The molecule has 0 spiro atoms. The van der Waals surface area contributed by atoms with Crippen molar-refractivity contribution in [3.63, 3.8) is 0 Å². The van der Waals surface area contributed by atoms with Crippen LogP contribution in [0.15, 0.2) is 35.8 Å². The largest absolute Gasteiger partial charge is 0.495 e. The monoisotopic (exact) mass is 500 g/mol. The molecule has 0 saturated carbocycles. The minimum Gasteiger partial charge on any atom is -0.495 e. The maximum atomic E-state index is 14.1. The van der Waals surface area contributed by atoms with Crippen molar-refractivity contribution in [2.24, 2.45) is 0 Å². The van der Waals surface area contributed by atoms with Crippen molar-refractivity contribution in [2.75, 3.05) is 18.6 Å². The van der Waals surface area contributed by atoms with Gasteiger partial charge in [0.25, 0.3) is 0 Å². The summed E-state index contributed by atoms with van der Waals surface area (Å²) in [6.45, 7) is -0.151. The first-order valence-electron chi connectivity index (χ1n) is 9.97. The van der Waals surface area contributed by atoms with Crippen molar-refractivity contribution in [3.8, 4) is 5.75 Å². The predicted octanol–water partition coefficient (Wildman–Crippen LogP) is 4.50. The van der Waals surface area contributed by atoms with Crippen LogP contribution in [0.2, 0.25) is 5.02 Å². The second-order valence-electron chi connectivity index (χ2n) is 7.77. The van der Waals surface area contributed by atoms with E-state index >= 15 is 0 Å². The minimum atomic E-state index is -4.68. The Kier molecular flexibility index (Phi) is 6.39. The van der Waals surface area contributed by atoms with E-state index < -0.39 is 30.1 Å². The topological polar surface area (TPSA) is 87.6 Å². The van der Waals surface area contributed by atoms with Crippen LogP contribution in [-0.4, -0.2) is 52.5 Å². The van der Waals surface area contributed by atoms with Gasteiger partial charge >= 0.3 is 12.1 Å². The number of carboxylic acid groups (broad SMARTS) is 1. The molecule has 1 saturated heterocycles. The number of hydrogen-bond acceptors (Lipinski definition) is 7. The van der Waals surface area contributed by atoms with Crippen LogP contribution in [0, 0.1) is 0 Å². The Labute approximate surface area is 196 Å². The van der Waals surface area contributed by atoms with E-state index in [4.69, 9.17) is 16.3 Å². The normalized spacial score (nSPS) is 21.4. The van der Waals surface area contributed by atoms with Crippen LogP contribution in [0.5, 0.6) is 5.75 Å². The van der Waals surface area contributed by atoms with Gasteiger partial charge in [-0.25, -0.2) is 9.97 Å². The summed E-state index contributed by atoms with van der Waals surface area (Å²) in [4.78, 5) is 22.2. The van der Waals surface area contributed by atoms with Crippen molar-refractivity contribution >= 4 is 45.1 Å². The molecule has 1 aliphatic rings. The molecule has 0 bridgehead atoms. The molecule has 4 rings (SSSR count). The van der Waals surface area contributed by atoms with Gasteiger partial charge in [0.05, 0.1) is 12.1 Å². The van der Waals surface area contributed by atoms with E-state index in [2.05, 4.69) is 15.3 Å². The molecule has 2 unspecified atom stereocenters. The maximum absolute atomic E-state index is 14.1. The summed E-state index contributed by atoms with van der Waals surface area (Å²) in [6, 6.07) is 4.60. The number of carbonyl (C=O) groups is 1. The molecule has 12 heteroatoms. The molecule has 2 atom stereocenters. The zero-order valence-electron chi connectivity index (χ0n) is 17.4. The lowest BCUT2D eigenvalue weighted by Crippen LogP contribution is -2.64. The Morgan fingerprint density at radius 2 is 2.21 bits per heavy atom. The number of anilines is 1. The molecule has 176 valence electrons. The van der Waals surface area contributed by atoms with E-state index in [1.165, 1.54) is 24.6 Å². The van der Waals surface area contributed by atoms with E-state index in [9.17, 15) is 23.1 Å². The molecule has 1 aromatic carbocycles. The first-order valence-corrected chi connectivity index (χ1v) is 11.2. The van der Waals surface area contributed by atoms with E-state index in [1.54, 1.807) is 29.6 Å². The molecule has 1 fully saturated rings. The van der Waals surface area contributed by atoms with Gasteiger partial charge in [-0.1, -0.05) is 17.7 Å². The van der Waals surface area contributed by atoms with Gasteiger partial charge in [-0.05, 0) is 35.6 Å². The molecular formula is C21H20ClF3N4O3S. The summed E-state index contributed by atoms with van der Waals surface area (Å²) in [6.07, 6.45) is -3.96. The smallest absolute Gasteiger partial charge is 0.408 e. The fourth-order valence-electron chi connectivity index (χ4n) is 3.95. The third kappa shape index (κ3) is 4.71. The second-order valence-corrected chi connectivity index (χ2v) is 9.07. The minimum absolute atomic E-state index is 0.0260. The molecule has 3 heterocycles. The number of carboxylic acids is 1. The number of ether oxygens (including phenoxy) is 1. The number of nitrogens with zero attached hydrogens (tertiary/aromatic N) is 3. The average molecular weight is 501 g/mol. The summed E-state index contributed by atoms with van der Waals surface area (Å²) < 4.78 is 47.4. The second kappa shape index (κ2) is 8.96. The SMILES string of the molecule is COc1ccc(CNC2(C(=O)O)CCN(c3ncc4ccsc4n3)C(C(F)(F)F)C2)cc1Cl. The Bertz CT molecular complexity index is 1180. The van der Waals surface area contributed by atoms with Crippen LogP contribution in [0.4, 0.5) is 19.1 Å². The van der Waals surface area contributed by atoms with Crippen molar-refractivity contribution in [1.29, 1.82) is 0 Å². The molecular weight excluding hydrogens is 481 g/mol. The van der Waals surface area contributed by atoms with Gasteiger partial charge in [-0.15, -0.1) is 11.3 Å². The van der Waals surface area contributed by atoms with Crippen LogP contribution in [0.1, 0.15) is 18.4 Å². The molecule has 2 N–H and O–H groups in total. The van der Waals surface area contributed by atoms with Gasteiger partial charge in [0.1, 0.15) is 22.2 Å². The van der Waals surface area contributed by atoms with Crippen LogP contribution >= 0.6 is 22.9 Å². The highest BCUT2D eigenvalue weighted by Gasteiger charge is 2.55. The van der Waals surface area contributed by atoms with Crippen molar-refractivity contribution in [1.82, 2.24) is 15.3 Å². The van der Waals surface area contributed by atoms with Crippen LogP contribution in [0.3, 0.4) is 0 Å². The van der Waals surface area contributed by atoms with E-state index in [1.807, 2.05) is 0 Å². The summed E-state index contributed by atoms with van der Waals surface area (Å²) in [5, 5.41) is 15.6. The lowest BCUT2D eigenvalue weighted by molar-refractivity contribution is -0.166. The van der Waals surface area contributed by atoms with Crippen molar-refractivity contribution in [2.45, 2.75) is 37.1 Å². The van der Waals surface area contributed by atoms with Gasteiger partial charge in [0, 0.05) is 31.1 Å². The van der Waals surface area contributed by atoms with E-state index in [0.717, 1.165) is 10.3 Å². The van der Waals surface area contributed by atoms with Crippen molar-refractivity contribution < 1.29 is 27.8 Å². The van der Waals surface area contributed by atoms with E-state index in [-0.39, 0.29) is 25.5 Å². The first kappa shape index (κ1) is 23.5. The fourth-order valence-corrected chi connectivity index (χ4v) is 4.96. The number of nitrogens with one attached hydrogen (secondary N) is 1. The molecule has 2 aromatic heterocycles. The number of alkyl halides is 3. The Balaban J connectivity index is 1.60. The molecule has 1 aliphatic heterocycles. The highest BCUT2D eigenvalue weighted by molar-refractivity contribution is 7.16. The maximum Gasteiger partial charge on any atom is 0.408 e. The number of halogens is 4. The number of fused-ring (bicyclic) bond motifs is 1. The molecule has 7 nitrogen and oxygen atoms in total. The first-order chi connectivity index (χ1) is 15.6. The standard InChI is InChI=1S/C21H20ClF3N4O3S/c1-32-15-3-2-12(8-14(15)22)10-27-20(18(30)31)5-6-29(16(9-20)21(23,24)25)19-26-11-13-4-7-33-17(13)28-19/h2-4,7-8,11,16,27H,5-6,9-10H2,1H3,(H,30,31). The van der Waals surface area contributed by atoms with Crippen LogP contribution in [-0.2, 0) is 11.3 Å². The zero-order valence-corrected chi connectivity index (χ0v) is 19.0. The number of piperidine rings is 1. The van der Waals surface area contributed by atoms with Crippen LogP contribution in [0.25, 0.3) is 10.2 Å². The molecule has 3 aromatic rings. The average Bonchev–Trinajstić information content (AvgIpc) is 3.25. The summed E-state index contributed by atoms with van der Waals surface area (Å²) in [5.74, 6) is -0.958. The number of aromatic nitrogens is 2. The van der Waals surface area contributed by atoms with Gasteiger partial charge in [0.2, 0.25) is 5.95 Å². The Hall–Kier alpha value is -2.63. The van der Waals surface area contributed by atoms with Crippen molar-refractivity contribution in [3.05, 3.63) is 46.4 Å². The lowest BCUT2D eigenvalue weighted by Gasteiger charge is -2.45. The van der Waals surface area contributed by atoms with Gasteiger partial charge < -0.3 is 14.7 Å². The Morgan fingerprint density at radius 3 is 2.88 bits per heavy atom. The fraction of sp³-hybridized carbons (Fsp3) is 0.381. The highest BCUT2D eigenvalue weighted by atomic mass is 35.5. The zero-order chi connectivity index (χ0) is 23.8. The molecule has 0 radical (unpaired) electrons. The molecule has 0 amide bonds. The van der Waals surface area contributed by atoms with Gasteiger partial charge in [-0.3, -0.25) is 10.1 Å². The number of hydrogen-bond donors (Lipinski definition) is 2. The summed E-state index contributed by atoms with van der Waals surface area (Å²) in [7, 11) is 1.46. The number of methoxy groups -OCH3 is 1. The summed E-state index contributed by atoms with van der Waals surface area (Å²) in [5.41, 5.74) is -1.16.